The first kappa shape index (κ1) is 15.0. The van der Waals surface area contributed by atoms with Crippen LogP contribution in [-0.4, -0.2) is 12.2 Å². The van der Waals surface area contributed by atoms with Gasteiger partial charge in [-0.2, -0.15) is 0 Å². The first-order valence-corrected chi connectivity index (χ1v) is 7.20. The molecule has 2 nitrogen and oxygen atoms in total. The Hall–Kier alpha value is -1.39. The molecule has 0 aromatic heterocycles. The minimum Gasteiger partial charge on any atom is -0.392 e. The highest BCUT2D eigenvalue weighted by Gasteiger charge is 2.17. The van der Waals surface area contributed by atoms with Crippen molar-refractivity contribution in [3.63, 3.8) is 0 Å². The Morgan fingerprint density at radius 3 is 2.55 bits per heavy atom. The van der Waals surface area contributed by atoms with E-state index in [1.807, 2.05) is 43.1 Å². The van der Waals surface area contributed by atoms with E-state index < -0.39 is 0 Å². The summed E-state index contributed by atoms with van der Waals surface area (Å²) in [5.41, 5.74) is 2.46. The highest BCUT2D eigenvalue weighted by molar-refractivity contribution is 9.10. The predicted molar refractivity (Wildman–Crippen MR) is 83.3 cm³/mol. The van der Waals surface area contributed by atoms with Crippen LogP contribution in [0.3, 0.4) is 0 Å². The molecule has 20 heavy (non-hydrogen) atoms. The topological polar surface area (TPSA) is 23.5 Å². The van der Waals surface area contributed by atoms with E-state index in [1.165, 1.54) is 6.07 Å². The summed E-state index contributed by atoms with van der Waals surface area (Å²) < 4.78 is 14.7. The number of nitrogens with zero attached hydrogens (tertiary/aromatic N) is 1. The smallest absolute Gasteiger partial charge is 0.128 e. The van der Waals surface area contributed by atoms with Gasteiger partial charge in [-0.25, -0.2) is 4.39 Å². The molecule has 0 fully saturated rings. The normalized spacial score (nSPS) is 12.2. The van der Waals surface area contributed by atoms with E-state index in [4.69, 9.17) is 5.11 Å². The van der Waals surface area contributed by atoms with Crippen molar-refractivity contribution in [2.45, 2.75) is 19.6 Å². The molecule has 0 saturated carbocycles. The highest BCUT2D eigenvalue weighted by atomic mass is 79.9. The van der Waals surface area contributed by atoms with E-state index in [0.717, 1.165) is 15.7 Å². The Balaban J connectivity index is 2.31. The second-order valence-corrected chi connectivity index (χ2v) is 5.61. The van der Waals surface area contributed by atoms with E-state index in [-0.39, 0.29) is 18.5 Å². The Kier molecular flexibility index (Phi) is 4.78. The number of hydrogen-bond donors (Lipinski definition) is 1. The van der Waals surface area contributed by atoms with Gasteiger partial charge in [-0.05, 0) is 46.6 Å². The van der Waals surface area contributed by atoms with Gasteiger partial charge < -0.3 is 10.0 Å². The van der Waals surface area contributed by atoms with Crippen molar-refractivity contribution in [3.8, 4) is 0 Å². The Labute approximate surface area is 127 Å². The van der Waals surface area contributed by atoms with Crippen molar-refractivity contribution in [2.24, 2.45) is 0 Å². The second-order valence-electron chi connectivity index (χ2n) is 4.75. The van der Waals surface area contributed by atoms with Gasteiger partial charge in [0.1, 0.15) is 5.82 Å². The average Bonchev–Trinajstić information content (AvgIpc) is 2.46. The van der Waals surface area contributed by atoms with Crippen LogP contribution in [0.2, 0.25) is 0 Å². The second kappa shape index (κ2) is 6.37. The molecule has 0 aliphatic rings. The molecule has 2 rings (SSSR count). The Morgan fingerprint density at radius 2 is 1.95 bits per heavy atom. The third-order valence-corrected chi connectivity index (χ3v) is 4.15. The lowest BCUT2D eigenvalue weighted by molar-refractivity contribution is 0.282. The number of hydrogen-bond acceptors (Lipinski definition) is 2. The van der Waals surface area contributed by atoms with Crippen LogP contribution in [0.25, 0.3) is 0 Å². The zero-order chi connectivity index (χ0) is 14.7. The van der Waals surface area contributed by atoms with Crippen LogP contribution in [0.5, 0.6) is 0 Å². The molecule has 4 heteroatoms. The fourth-order valence-electron chi connectivity index (χ4n) is 2.17. The summed E-state index contributed by atoms with van der Waals surface area (Å²) in [6, 6.07) is 12.4. The van der Waals surface area contributed by atoms with Crippen molar-refractivity contribution < 1.29 is 9.50 Å². The molecule has 1 atom stereocenters. The Morgan fingerprint density at radius 1 is 1.25 bits per heavy atom. The van der Waals surface area contributed by atoms with Gasteiger partial charge in [0.25, 0.3) is 0 Å². The van der Waals surface area contributed by atoms with Gasteiger partial charge in [0, 0.05) is 17.1 Å². The molecule has 0 heterocycles. The van der Waals surface area contributed by atoms with Crippen LogP contribution >= 0.6 is 15.9 Å². The molecule has 0 saturated heterocycles. The minimum atomic E-state index is -0.199. The van der Waals surface area contributed by atoms with Crippen LogP contribution in [0.1, 0.15) is 24.1 Å². The Bertz CT molecular complexity index is 603. The number of aliphatic hydroxyl groups excluding tert-OH is 1. The summed E-state index contributed by atoms with van der Waals surface area (Å²) in [5.74, 6) is -0.199. The van der Waals surface area contributed by atoms with Gasteiger partial charge in [0.15, 0.2) is 0 Å². The van der Waals surface area contributed by atoms with Gasteiger partial charge >= 0.3 is 0 Å². The van der Waals surface area contributed by atoms with Crippen molar-refractivity contribution in [2.75, 3.05) is 11.9 Å². The molecule has 0 amide bonds. The predicted octanol–water partition coefficient (Wildman–Crippen LogP) is 4.28. The lowest BCUT2D eigenvalue weighted by Gasteiger charge is -2.28. The van der Waals surface area contributed by atoms with Crippen molar-refractivity contribution in [1.82, 2.24) is 0 Å². The molecule has 1 unspecified atom stereocenters. The van der Waals surface area contributed by atoms with E-state index in [2.05, 4.69) is 15.9 Å². The number of aliphatic hydroxyl groups is 1. The molecule has 0 radical (unpaired) electrons. The maximum absolute atomic E-state index is 13.9. The van der Waals surface area contributed by atoms with Gasteiger partial charge in [0.2, 0.25) is 0 Å². The number of rotatable bonds is 4. The lowest BCUT2D eigenvalue weighted by Crippen LogP contribution is -2.22. The molecular weight excluding hydrogens is 321 g/mol. The quantitative estimate of drug-likeness (QED) is 0.900. The monoisotopic (exact) mass is 337 g/mol. The summed E-state index contributed by atoms with van der Waals surface area (Å²) in [7, 11) is 1.93. The SMILES string of the molecule is CC(c1ccccc1F)N(C)c1ccc(CO)cc1Br. The van der Waals surface area contributed by atoms with E-state index in [9.17, 15) is 4.39 Å². The fraction of sp³-hybridized carbons (Fsp3) is 0.250. The van der Waals surface area contributed by atoms with Crippen molar-refractivity contribution in [1.29, 1.82) is 0 Å². The molecule has 0 bridgehead atoms. The van der Waals surface area contributed by atoms with Gasteiger partial charge in [0.05, 0.1) is 18.3 Å². The molecule has 2 aromatic carbocycles. The van der Waals surface area contributed by atoms with Gasteiger partial charge in [-0.15, -0.1) is 0 Å². The molecule has 106 valence electrons. The number of halogens is 2. The minimum absolute atomic E-state index is 0.00542. The van der Waals surface area contributed by atoms with Crippen molar-refractivity contribution in [3.05, 3.63) is 63.9 Å². The van der Waals surface area contributed by atoms with Gasteiger partial charge in [-0.1, -0.05) is 24.3 Å². The number of benzene rings is 2. The number of anilines is 1. The van der Waals surface area contributed by atoms with Gasteiger partial charge in [-0.3, -0.25) is 0 Å². The van der Waals surface area contributed by atoms with Crippen molar-refractivity contribution >= 4 is 21.6 Å². The maximum Gasteiger partial charge on any atom is 0.128 e. The molecule has 0 aliphatic carbocycles. The zero-order valence-electron chi connectivity index (χ0n) is 11.5. The molecule has 1 N–H and O–H groups in total. The first-order chi connectivity index (χ1) is 9.54. The summed E-state index contributed by atoms with van der Waals surface area (Å²) in [4.78, 5) is 2.00. The summed E-state index contributed by atoms with van der Waals surface area (Å²) in [5, 5.41) is 9.13. The van der Waals surface area contributed by atoms with E-state index in [1.54, 1.807) is 12.1 Å². The fourth-order valence-corrected chi connectivity index (χ4v) is 2.87. The van der Waals surface area contributed by atoms with Crippen LogP contribution in [0.15, 0.2) is 46.9 Å². The molecule has 0 spiro atoms. The lowest BCUT2D eigenvalue weighted by atomic mass is 10.1. The summed E-state index contributed by atoms with van der Waals surface area (Å²) in [6.45, 7) is 1.97. The largest absolute Gasteiger partial charge is 0.392 e. The van der Waals surface area contributed by atoms with Crippen LogP contribution in [-0.2, 0) is 6.61 Å². The van der Waals surface area contributed by atoms with E-state index >= 15 is 0 Å². The zero-order valence-corrected chi connectivity index (χ0v) is 13.1. The molecule has 0 aliphatic heterocycles. The third-order valence-electron chi connectivity index (χ3n) is 3.51. The first-order valence-electron chi connectivity index (χ1n) is 6.41. The van der Waals surface area contributed by atoms with Crippen LogP contribution in [0, 0.1) is 5.82 Å². The van der Waals surface area contributed by atoms with Crippen LogP contribution < -0.4 is 4.90 Å². The standard InChI is InChI=1S/C16H17BrFNO/c1-11(13-5-3-4-6-15(13)18)19(2)16-8-7-12(10-20)9-14(16)17/h3-9,11,20H,10H2,1-2H3. The third kappa shape index (κ3) is 3.02. The molecule has 2 aromatic rings. The van der Waals surface area contributed by atoms with E-state index in [0.29, 0.717) is 5.56 Å². The summed E-state index contributed by atoms with van der Waals surface area (Å²) >= 11 is 3.50. The highest BCUT2D eigenvalue weighted by Crippen LogP contribution is 2.33. The summed E-state index contributed by atoms with van der Waals surface area (Å²) in [6.07, 6.45) is 0. The molecular formula is C16H17BrFNO. The average molecular weight is 338 g/mol. The van der Waals surface area contributed by atoms with Crippen LogP contribution in [0.4, 0.5) is 10.1 Å². The maximum atomic E-state index is 13.9.